The number of aliphatic hydroxyl groups is 1. The molecule has 1 saturated heterocycles. The van der Waals surface area contributed by atoms with E-state index in [4.69, 9.17) is 14.5 Å². The summed E-state index contributed by atoms with van der Waals surface area (Å²) < 4.78 is 12.0. The van der Waals surface area contributed by atoms with Crippen LogP contribution in [0.3, 0.4) is 0 Å². The van der Waals surface area contributed by atoms with Gasteiger partial charge in [-0.05, 0) is 37.2 Å². The Bertz CT molecular complexity index is 1380. The van der Waals surface area contributed by atoms with Gasteiger partial charge >= 0.3 is 0 Å². The van der Waals surface area contributed by atoms with E-state index in [9.17, 15) is 24.3 Å². The maximum atomic E-state index is 14.3. The van der Waals surface area contributed by atoms with Crippen LogP contribution in [0.25, 0.3) is 0 Å². The highest BCUT2D eigenvalue weighted by Gasteiger charge is 2.43. The molecule has 2 rings (SSSR count). The molecule has 14 nitrogen and oxygen atoms in total. The van der Waals surface area contributed by atoms with Gasteiger partial charge in [0.25, 0.3) is 0 Å². The number of hydrogen-bond donors (Lipinski definition) is 3. The quantitative estimate of drug-likeness (QED) is 0.134. The molecule has 4 amide bonds. The van der Waals surface area contributed by atoms with Crippen molar-refractivity contribution in [1.82, 2.24) is 30.2 Å². The van der Waals surface area contributed by atoms with E-state index in [1.165, 1.54) is 7.11 Å². The second-order valence-electron chi connectivity index (χ2n) is 15.8. The highest BCUT2D eigenvalue weighted by molar-refractivity contribution is 5.89. The van der Waals surface area contributed by atoms with Gasteiger partial charge in [-0.25, -0.2) is 4.99 Å². The van der Waals surface area contributed by atoms with Crippen molar-refractivity contribution in [2.75, 3.05) is 62.6 Å². The van der Waals surface area contributed by atoms with Gasteiger partial charge in [-0.3, -0.25) is 19.2 Å². The van der Waals surface area contributed by atoms with Crippen molar-refractivity contribution < 1.29 is 33.8 Å². The molecule has 1 aromatic rings. The van der Waals surface area contributed by atoms with Gasteiger partial charge in [-0.15, -0.1) is 0 Å². The maximum Gasteiger partial charge on any atom is 0.247 e. The van der Waals surface area contributed by atoms with E-state index in [1.54, 1.807) is 37.8 Å². The third kappa shape index (κ3) is 13.2. The Morgan fingerprint density at radius 3 is 2.05 bits per heavy atom. The Hall–Kier alpha value is -3.75. The predicted molar refractivity (Wildman–Crippen MR) is 216 cm³/mol. The van der Waals surface area contributed by atoms with Gasteiger partial charge in [-0.2, -0.15) is 0 Å². The van der Waals surface area contributed by atoms with Crippen LogP contribution in [0.1, 0.15) is 72.8 Å². The number of nitrogens with zero attached hydrogens (tertiary/aromatic N) is 5. The molecule has 55 heavy (non-hydrogen) atoms. The zero-order valence-electron chi connectivity index (χ0n) is 35.7. The number of likely N-dealkylation sites (N-methyl/N-ethyl adjacent to an activating group) is 1. The highest BCUT2D eigenvalue weighted by atomic mass is 16.5. The van der Waals surface area contributed by atoms with Crippen molar-refractivity contribution in [3.8, 4) is 0 Å². The smallest absolute Gasteiger partial charge is 0.247 e. The first-order chi connectivity index (χ1) is 25.9. The van der Waals surface area contributed by atoms with Gasteiger partial charge in [0.1, 0.15) is 12.1 Å². The number of rotatable bonds is 20. The Labute approximate surface area is 330 Å². The second-order valence-corrected chi connectivity index (χ2v) is 15.8. The Morgan fingerprint density at radius 1 is 0.927 bits per heavy atom. The van der Waals surface area contributed by atoms with Crippen molar-refractivity contribution in [2.45, 2.75) is 116 Å². The van der Waals surface area contributed by atoms with Crippen LogP contribution in [0.2, 0.25) is 0 Å². The van der Waals surface area contributed by atoms with Gasteiger partial charge in [0, 0.05) is 68.5 Å². The second kappa shape index (κ2) is 22.7. The molecular formula is C41H71N7O7. The van der Waals surface area contributed by atoms with E-state index < -0.39 is 48.2 Å². The van der Waals surface area contributed by atoms with Crippen molar-refractivity contribution >= 4 is 29.6 Å². The van der Waals surface area contributed by atoms with Crippen molar-refractivity contribution in [3.63, 3.8) is 0 Å². The zero-order chi connectivity index (χ0) is 41.6. The van der Waals surface area contributed by atoms with Gasteiger partial charge in [0.15, 0.2) is 5.96 Å². The molecule has 0 aliphatic carbocycles. The molecule has 1 aliphatic heterocycles. The van der Waals surface area contributed by atoms with Crippen LogP contribution in [0, 0.1) is 17.8 Å². The summed E-state index contributed by atoms with van der Waals surface area (Å²) in [6, 6.07) is 6.60. The van der Waals surface area contributed by atoms with Gasteiger partial charge in [0.2, 0.25) is 23.6 Å². The standard InChI is InChI=1S/C41H71N7O7/c1-14-27(4)36(47(11)40(53)35(26(2)3)44-41(45(7)8)46(9)10)33(54-12)24-34(50)48-22-18-21-32(48)37(55-13)29(6)38(51)43-31(39(52)42-28(5)25-49)23-30-19-16-15-17-20-30/h15-17,19-20,26-29,31-33,35-37,49H,14,18,21-25H2,1-13H3,(H,42,52)(H,43,51)/t27-,28?,29+,31?,32?,33+,35?,36-,37+/m0/s1. The van der Waals surface area contributed by atoms with E-state index in [1.807, 2.05) is 82.2 Å². The fourth-order valence-corrected chi connectivity index (χ4v) is 7.51. The first-order valence-electron chi connectivity index (χ1n) is 19.7. The Kier molecular flexibility index (Phi) is 19.6. The number of nitrogens with one attached hydrogen (secondary N) is 2. The first-order valence-corrected chi connectivity index (χ1v) is 19.7. The van der Waals surface area contributed by atoms with Crippen LogP contribution >= 0.6 is 0 Å². The minimum absolute atomic E-state index is 0.0110. The molecule has 0 saturated carbocycles. The SMILES string of the molecule is CC[C@H](C)[C@@H]([C@@H](CC(=O)N1CCCC1[C@H](OC)[C@@H](C)C(=O)NC(Cc1ccccc1)C(=O)NC(C)CO)OC)N(C)C(=O)C(N=C(N(C)C)N(C)C)C(C)C. The number of methoxy groups -OCH3 is 2. The molecular weight excluding hydrogens is 702 g/mol. The molecule has 1 aliphatic rings. The molecule has 312 valence electrons. The number of ether oxygens (including phenoxy) is 2. The number of guanidine groups is 1. The van der Waals surface area contributed by atoms with Crippen molar-refractivity contribution in [3.05, 3.63) is 35.9 Å². The topological polar surface area (TPSA) is 156 Å². The van der Waals surface area contributed by atoms with Crippen LogP contribution in [-0.4, -0.2) is 159 Å². The van der Waals surface area contributed by atoms with E-state index >= 15 is 0 Å². The average molecular weight is 774 g/mol. The molecule has 0 aromatic heterocycles. The monoisotopic (exact) mass is 774 g/mol. The summed E-state index contributed by atoms with van der Waals surface area (Å²) in [4.78, 5) is 67.8. The summed E-state index contributed by atoms with van der Waals surface area (Å²) in [6.45, 7) is 11.8. The fourth-order valence-electron chi connectivity index (χ4n) is 7.51. The summed E-state index contributed by atoms with van der Waals surface area (Å²) in [5.74, 6) is -1.14. The van der Waals surface area contributed by atoms with Crippen LogP contribution in [0.5, 0.6) is 0 Å². The van der Waals surface area contributed by atoms with E-state index in [-0.39, 0.29) is 55.0 Å². The van der Waals surface area contributed by atoms with Crippen molar-refractivity contribution in [1.29, 1.82) is 0 Å². The van der Waals surface area contributed by atoms with E-state index in [0.717, 1.165) is 18.4 Å². The summed E-state index contributed by atoms with van der Waals surface area (Å²) in [6.07, 6.45) is 1.19. The molecule has 1 fully saturated rings. The van der Waals surface area contributed by atoms with Crippen LogP contribution in [-0.2, 0) is 35.1 Å². The number of hydrogen-bond acceptors (Lipinski definition) is 8. The lowest BCUT2D eigenvalue weighted by Crippen LogP contribution is -2.56. The largest absolute Gasteiger partial charge is 0.394 e. The maximum absolute atomic E-state index is 14.3. The third-order valence-electron chi connectivity index (χ3n) is 10.8. The number of benzene rings is 1. The zero-order valence-corrected chi connectivity index (χ0v) is 35.7. The van der Waals surface area contributed by atoms with Crippen LogP contribution in [0.15, 0.2) is 35.3 Å². The van der Waals surface area contributed by atoms with Crippen molar-refractivity contribution in [2.24, 2.45) is 22.7 Å². The molecule has 4 unspecified atom stereocenters. The minimum Gasteiger partial charge on any atom is -0.394 e. The summed E-state index contributed by atoms with van der Waals surface area (Å²) in [5, 5.41) is 15.2. The van der Waals surface area contributed by atoms with E-state index in [0.29, 0.717) is 18.9 Å². The molecule has 0 bridgehead atoms. The number of carbonyl (C=O) groups excluding carboxylic acids is 4. The van der Waals surface area contributed by atoms with Gasteiger partial charge in [-0.1, -0.05) is 71.4 Å². The van der Waals surface area contributed by atoms with Gasteiger partial charge in [0.05, 0.1) is 43.2 Å². The van der Waals surface area contributed by atoms with E-state index in [2.05, 4.69) is 24.5 Å². The lowest BCUT2D eigenvalue weighted by atomic mass is 9.89. The summed E-state index contributed by atoms with van der Waals surface area (Å²) >= 11 is 0. The minimum atomic E-state index is -0.886. The first kappa shape index (κ1) is 47.4. The van der Waals surface area contributed by atoms with Crippen LogP contribution in [0.4, 0.5) is 0 Å². The predicted octanol–water partition coefficient (Wildman–Crippen LogP) is 2.64. The molecule has 9 atom stereocenters. The lowest BCUT2D eigenvalue weighted by Gasteiger charge is -2.40. The van der Waals surface area contributed by atoms with Crippen LogP contribution < -0.4 is 10.6 Å². The number of aliphatic imine (C=N–C) groups is 1. The molecule has 1 aromatic carbocycles. The van der Waals surface area contributed by atoms with Gasteiger partial charge < -0.3 is 44.8 Å². The summed E-state index contributed by atoms with van der Waals surface area (Å²) in [7, 11) is 12.5. The number of aliphatic hydroxyl groups excluding tert-OH is 1. The summed E-state index contributed by atoms with van der Waals surface area (Å²) in [5.41, 5.74) is 0.873. The normalized spacial score (nSPS) is 18.6. The average Bonchev–Trinajstić information content (AvgIpc) is 3.63. The molecule has 3 N–H and O–H groups in total. The highest BCUT2D eigenvalue weighted by Crippen LogP contribution is 2.30. The molecule has 0 radical (unpaired) electrons. The molecule has 1 heterocycles. The number of carbonyl (C=O) groups is 4. The fraction of sp³-hybridized carbons (Fsp3) is 0.732. The number of amides is 4. The third-order valence-corrected chi connectivity index (χ3v) is 10.8. The molecule has 0 spiro atoms. The molecule has 14 heteroatoms. The number of likely N-dealkylation sites (tertiary alicyclic amines) is 1. The lowest BCUT2D eigenvalue weighted by molar-refractivity contribution is -0.146. The Balaban J connectivity index is 2.33. The Morgan fingerprint density at radius 2 is 1.55 bits per heavy atom.